The molecule has 0 spiro atoms. The fourth-order valence-corrected chi connectivity index (χ4v) is 22.6. The zero-order chi connectivity index (χ0) is 104. The number of nitrogens with two attached hydrogens (primary N) is 3. The fraction of sp³-hybridized carbons (Fsp3) is 0.769. The van der Waals surface area contributed by atoms with Gasteiger partial charge in [-0.1, -0.05) is 225 Å². The van der Waals surface area contributed by atoms with Gasteiger partial charge in [-0.15, -0.1) is 0 Å². The first-order valence-electron chi connectivity index (χ1n) is 51.2. The van der Waals surface area contributed by atoms with E-state index in [-0.39, 0.29) is 93.9 Å². The lowest BCUT2D eigenvalue weighted by molar-refractivity contribution is -0.162. The van der Waals surface area contributed by atoms with E-state index in [4.69, 9.17) is 31.4 Å². The molecule has 140 heavy (non-hydrogen) atoms. The van der Waals surface area contributed by atoms with Crippen LogP contribution in [0.1, 0.15) is 293 Å². The van der Waals surface area contributed by atoms with Crippen LogP contribution in [0.3, 0.4) is 0 Å². The van der Waals surface area contributed by atoms with Gasteiger partial charge < -0.3 is 94.0 Å². The maximum Gasteiger partial charge on any atom is 0.329 e. The molecule has 0 radical (unpaired) electrons. The number of nitrogens with one attached hydrogen (secondary N) is 9. The third kappa shape index (κ3) is 26.8. The van der Waals surface area contributed by atoms with Crippen molar-refractivity contribution in [1.29, 1.82) is 0 Å². The second-order valence-corrected chi connectivity index (χ2v) is 49.2. The summed E-state index contributed by atoms with van der Waals surface area (Å²) in [6, 6.07) is -4.20. The summed E-state index contributed by atoms with van der Waals surface area (Å²) in [6.07, 6.45) is 17.5. The van der Waals surface area contributed by atoms with E-state index >= 15 is 0 Å². The van der Waals surface area contributed by atoms with Gasteiger partial charge in [0.1, 0.15) is 72.2 Å². The summed E-state index contributed by atoms with van der Waals surface area (Å²) < 4.78 is 17.1. The third-order valence-corrected chi connectivity index (χ3v) is 32.2. The van der Waals surface area contributed by atoms with Gasteiger partial charge in [-0.3, -0.25) is 57.5 Å². The Bertz CT molecular complexity index is 4820. The van der Waals surface area contributed by atoms with Gasteiger partial charge in [-0.05, 0) is 207 Å². The first kappa shape index (κ1) is 110. The summed E-state index contributed by atoms with van der Waals surface area (Å²) in [5.41, 5.74) is 12.6. The molecule has 13 rings (SSSR count). The first-order chi connectivity index (χ1) is 65.0. The fourth-order valence-electron chi connectivity index (χ4n) is 22.6. The number of hydrogen-bond acceptors (Lipinski definition) is 21. The second-order valence-electron chi connectivity index (χ2n) is 49.2. The summed E-state index contributed by atoms with van der Waals surface area (Å²) >= 11 is 0. The van der Waals surface area contributed by atoms with Crippen LogP contribution < -0.4 is 65.1 Å². The predicted octanol–water partition coefficient (Wildman–Crippen LogP) is 8.31. The standard InChI is InChI=1S/C37H53N5O7.C34H55N5O7.C33H53N5O7/c1-36(2,3)30(41-35(48)40-27(23-14-10-7-11-15-23)34(47)49-20-22-12-8-6-9-13-22)33(46)42-19-24-26(37(24,4)5)28(42)32(45)39-25(18-21-16-17-21)29(43)31(38)44;1-32(2,3)26(38-31(45)37-23(19-14-9-10-15-19)30(44)46-33(4,5)6)29(43)39-17-20-22(34(20,7)8)24(39)28(42)36-21(25(40)27(35)41)16-18-12-11-13-18;1-16(2)22(29(43)45-33(8,9)18-12-13-18)36-30(44)37-25(31(3,4)5)28(42)38-15-19-21(32(19,6)7)23(38)27(41)35-20(14-17-10-11-17)24(39)26(34)40/h6,8-9,12-13,21,23-28,30H,7,10-11,14-20H2,1-5H3,(H2,38,44)(H,39,45)(H2,40,41,48);18-24,26H,9-17H2,1-8H3,(H2,35,41)(H,36,42)(H2,37,38,45);16-23,25H,10-15H2,1-9H3,(H2,34,40)(H,35,41)(H2,36,37,44)/t24-,25?,26-,27-,28-,30+;20-,21?,22-,23-,24-,26+;19-,20?,21-,22-,23-,25+/m000/s1. The Morgan fingerprint density at radius 1 is 0.379 bits per heavy atom. The van der Waals surface area contributed by atoms with E-state index in [0.29, 0.717) is 44.8 Å². The molecule has 9 saturated carbocycles. The van der Waals surface area contributed by atoms with E-state index in [2.05, 4.69) is 75.5 Å². The average Bonchev–Trinajstić information content (AvgIpc) is 1.53. The van der Waals surface area contributed by atoms with Crippen LogP contribution in [-0.4, -0.2) is 225 Å². The molecule has 36 nitrogen and oxygen atoms in total. The predicted molar refractivity (Wildman–Crippen MR) is 518 cm³/mol. The molecule has 36 heteroatoms. The summed E-state index contributed by atoms with van der Waals surface area (Å²) in [7, 11) is 0. The highest BCUT2D eigenvalue weighted by molar-refractivity contribution is 6.39. The number of hydrogen-bond donors (Lipinski definition) is 12. The van der Waals surface area contributed by atoms with E-state index in [9.17, 15) is 86.3 Å². The summed E-state index contributed by atoms with van der Waals surface area (Å²) in [4.78, 5) is 243. The molecule has 3 heterocycles. The number of amides is 15. The van der Waals surface area contributed by atoms with Crippen molar-refractivity contribution >= 4 is 107 Å². The van der Waals surface area contributed by atoms with Crippen LogP contribution in [0.4, 0.5) is 14.4 Å². The monoisotopic (exact) mass is 1960 g/mol. The number of carbonyl (C=O) groups is 18. The highest BCUT2D eigenvalue weighted by atomic mass is 16.6. The van der Waals surface area contributed by atoms with Gasteiger partial charge in [0.15, 0.2) is 0 Å². The lowest BCUT2D eigenvalue weighted by atomic mass is 9.80. The van der Waals surface area contributed by atoms with Crippen LogP contribution in [0, 0.1) is 109 Å². The number of rotatable bonds is 37. The zero-order valence-corrected chi connectivity index (χ0v) is 86.6. The minimum Gasteiger partial charge on any atom is -0.459 e. The Labute approximate surface area is 825 Å². The molecule has 12 aliphatic rings. The van der Waals surface area contributed by atoms with Crippen molar-refractivity contribution < 1.29 is 101 Å². The molecule has 15 N–H and O–H groups in total. The lowest BCUT2D eigenvalue weighted by Gasteiger charge is -2.38. The molecular formula is C104H161N15O21. The van der Waals surface area contributed by atoms with Gasteiger partial charge in [0.25, 0.3) is 17.7 Å². The third-order valence-electron chi connectivity index (χ3n) is 32.2. The quantitative estimate of drug-likeness (QED) is 0.0169. The van der Waals surface area contributed by atoms with E-state index in [1.165, 1.54) is 14.7 Å². The molecule has 15 amide bonds. The number of benzene rings is 1. The smallest absolute Gasteiger partial charge is 0.329 e. The largest absolute Gasteiger partial charge is 0.459 e. The average molecular weight is 1960 g/mol. The van der Waals surface area contributed by atoms with Gasteiger partial charge >= 0.3 is 36.0 Å². The number of ether oxygens (including phenoxy) is 3. The number of piperidine rings is 3. The lowest BCUT2D eigenvalue weighted by Crippen LogP contribution is -2.62. The Morgan fingerprint density at radius 2 is 0.700 bits per heavy atom. The summed E-state index contributed by atoms with van der Waals surface area (Å²) in [5.74, 6) is -9.82. The van der Waals surface area contributed by atoms with Crippen molar-refractivity contribution in [2.45, 2.75) is 377 Å². The molecule has 18 atom stereocenters. The van der Waals surface area contributed by atoms with Crippen molar-refractivity contribution in [3.63, 3.8) is 0 Å². The molecule has 3 aliphatic heterocycles. The summed E-state index contributed by atoms with van der Waals surface area (Å²) in [5, 5.41) is 25.2. The van der Waals surface area contributed by atoms with Crippen LogP contribution in [0.5, 0.6) is 0 Å². The number of esters is 3. The van der Waals surface area contributed by atoms with Crippen LogP contribution in [0.15, 0.2) is 30.3 Å². The Kier molecular flexibility index (Phi) is 33.9. The second kappa shape index (κ2) is 43.1. The maximum absolute atomic E-state index is 14.4. The van der Waals surface area contributed by atoms with Gasteiger partial charge in [-0.2, -0.15) is 0 Å². The Morgan fingerprint density at radius 3 is 0.993 bits per heavy atom. The van der Waals surface area contributed by atoms with E-state index < -0.39 is 206 Å². The highest BCUT2D eigenvalue weighted by Crippen LogP contribution is 2.67. The van der Waals surface area contributed by atoms with Crippen molar-refractivity contribution in [2.24, 2.45) is 127 Å². The highest BCUT2D eigenvalue weighted by Gasteiger charge is 2.73. The number of ketones is 3. The molecule has 0 bridgehead atoms. The number of likely N-dealkylation sites (tertiary alicyclic amines) is 3. The van der Waals surface area contributed by atoms with Gasteiger partial charge in [0.2, 0.25) is 52.8 Å². The van der Waals surface area contributed by atoms with Crippen LogP contribution in [0.25, 0.3) is 0 Å². The van der Waals surface area contributed by atoms with E-state index in [0.717, 1.165) is 121 Å². The van der Waals surface area contributed by atoms with Crippen molar-refractivity contribution in [3.8, 4) is 0 Å². The molecule has 1 aromatic rings. The number of primary amides is 3. The molecule has 12 fully saturated rings. The Balaban J connectivity index is 0.000000201. The number of carbonyl (C=O) groups excluding carboxylic acids is 18. The minimum atomic E-state index is -1.10. The van der Waals surface area contributed by atoms with Crippen molar-refractivity contribution in [2.75, 3.05) is 19.6 Å². The van der Waals surface area contributed by atoms with Crippen molar-refractivity contribution in [1.82, 2.24) is 62.6 Å². The van der Waals surface area contributed by atoms with E-state index in [1.54, 1.807) is 20.8 Å². The minimum absolute atomic E-state index is 0.0606. The molecular weight excluding hydrogens is 1800 g/mol. The molecule has 3 unspecified atom stereocenters. The molecule has 0 aromatic heterocycles. The van der Waals surface area contributed by atoms with Gasteiger partial charge in [0.05, 0.1) is 18.1 Å². The van der Waals surface area contributed by atoms with Crippen LogP contribution >= 0.6 is 0 Å². The SMILES string of the molecule is CC(C)(C)OC(=O)[C@@H](NC(=O)N[C@H](C(=O)N1C[C@H]2[C@@H]([C@H]1C(=O)NC(CC1CCC1)C(=O)C(N)=O)C2(C)C)C(C)(C)C)C1CCCC1.CC(C)(C)[C@H](NC(=O)N[C@H](C(=O)OCc1ccccc1)C1CCCCC1)C(=O)N1C[C@H]2[C@@H]([C@H]1C(=O)NC(CC1CC1)C(=O)C(N)=O)C2(C)C.CC(C)[C@H](NC(=O)N[C@H](C(=O)N1C[C@H]2[C@@H]([C@H]1C(=O)NC(CC1CC1)C(=O)C(N)=O)C2(C)C)C(C)(C)C)C(=O)OC(C)(C)C1CC1. The van der Waals surface area contributed by atoms with Gasteiger partial charge in [-0.25, -0.2) is 28.8 Å². The van der Waals surface area contributed by atoms with Crippen LogP contribution in [0.2, 0.25) is 0 Å². The number of fused-ring (bicyclic) bond motifs is 3. The molecule has 9 aliphatic carbocycles. The normalized spacial score (nSPS) is 25.6. The van der Waals surface area contributed by atoms with Crippen molar-refractivity contribution in [3.05, 3.63) is 35.9 Å². The van der Waals surface area contributed by atoms with E-state index in [1.807, 2.05) is 134 Å². The zero-order valence-electron chi connectivity index (χ0n) is 86.6. The first-order valence-corrected chi connectivity index (χ1v) is 51.2. The topological polar surface area (TPSA) is 531 Å². The summed E-state index contributed by atoms with van der Waals surface area (Å²) in [6.45, 7) is 42.5. The maximum atomic E-state index is 14.4. The molecule has 778 valence electrons. The molecule has 3 saturated heterocycles. The Hall–Kier alpha value is -10.3. The number of urea groups is 3. The van der Waals surface area contributed by atoms with Gasteiger partial charge in [0, 0.05) is 19.6 Å². The van der Waals surface area contributed by atoms with Crippen LogP contribution in [-0.2, 0) is 92.7 Å². The number of Topliss-reactive ketones (excluding diaryl/α,β-unsaturated/α-hetero) is 3. The molecule has 1 aromatic carbocycles. The number of nitrogens with zero attached hydrogens (tertiary/aromatic N) is 3.